The van der Waals surface area contributed by atoms with Crippen LogP contribution in [0.25, 0.3) is 0 Å². The molecule has 36 heavy (non-hydrogen) atoms. The van der Waals surface area contributed by atoms with Crippen LogP contribution in [0.2, 0.25) is 0 Å². The molecular weight excluding hydrogens is 458 g/mol. The monoisotopic (exact) mass is 513 g/mol. The van der Waals surface area contributed by atoms with Gasteiger partial charge in [0.2, 0.25) is 0 Å². The molecule has 1 aliphatic rings. The van der Waals surface area contributed by atoms with E-state index >= 15 is 0 Å². The molecule has 0 aliphatic carbocycles. The van der Waals surface area contributed by atoms with Crippen molar-refractivity contribution in [3.8, 4) is 0 Å². The first-order chi connectivity index (χ1) is 17.4. The average molecular weight is 514 g/mol. The number of carbonyl (C=O) groups is 2. The molecule has 0 aromatic carbocycles. The third-order valence-electron chi connectivity index (χ3n) is 6.79. The van der Waals surface area contributed by atoms with Crippen LogP contribution in [-0.4, -0.2) is 81.1 Å². The number of nitrogens with zero attached hydrogens (tertiary/aromatic N) is 2. The number of likely N-dealkylation sites (N-methyl/N-ethyl adjacent to an activating group) is 1. The summed E-state index contributed by atoms with van der Waals surface area (Å²) in [5.74, 6) is 0. The number of primary amides is 1. The van der Waals surface area contributed by atoms with Gasteiger partial charge in [-0.05, 0) is 33.4 Å². The van der Waals surface area contributed by atoms with Gasteiger partial charge in [-0.25, -0.2) is 14.5 Å². The molecule has 2 N–H and O–H groups in total. The first-order valence-corrected chi connectivity index (χ1v) is 14.6. The highest BCUT2D eigenvalue weighted by Gasteiger charge is 2.28. The zero-order chi connectivity index (χ0) is 26.4. The molecule has 8 heteroatoms. The van der Waals surface area contributed by atoms with E-state index in [1.807, 2.05) is 19.0 Å². The Labute approximate surface area is 220 Å². The second-order valence-corrected chi connectivity index (χ2v) is 10.5. The number of nitrogens with two attached hydrogens (primary N) is 1. The molecule has 0 aromatic heterocycles. The Balaban J connectivity index is 1.93. The molecule has 0 bridgehead atoms. The molecule has 1 heterocycles. The van der Waals surface area contributed by atoms with Crippen LogP contribution in [0.15, 0.2) is 0 Å². The summed E-state index contributed by atoms with van der Waals surface area (Å²) in [6.45, 7) is 4.48. The lowest BCUT2D eigenvalue weighted by atomic mass is 10.0. The van der Waals surface area contributed by atoms with Crippen molar-refractivity contribution in [3.63, 3.8) is 0 Å². The molecular formula is C28H55N3O5. The molecule has 0 unspecified atom stereocenters. The van der Waals surface area contributed by atoms with E-state index in [-0.39, 0.29) is 25.4 Å². The molecule has 0 saturated carbocycles. The Hall–Kier alpha value is -1.38. The van der Waals surface area contributed by atoms with Crippen LogP contribution >= 0.6 is 0 Å². The van der Waals surface area contributed by atoms with Crippen molar-refractivity contribution in [2.24, 2.45) is 5.73 Å². The van der Waals surface area contributed by atoms with Crippen molar-refractivity contribution in [3.05, 3.63) is 0 Å². The summed E-state index contributed by atoms with van der Waals surface area (Å²) in [6, 6.07) is -0.802. The van der Waals surface area contributed by atoms with Crippen LogP contribution < -0.4 is 5.73 Å². The number of ether oxygens (including phenoxy) is 3. The molecule has 212 valence electrons. The zero-order valence-corrected chi connectivity index (χ0v) is 23.5. The molecule has 1 aliphatic heterocycles. The Kier molecular flexibility index (Phi) is 19.7. The minimum atomic E-state index is -0.802. The number of unbranched alkanes of at least 4 members (excludes halogenated alkanes) is 13. The Bertz CT molecular complexity index is 561. The number of imide groups is 1. The van der Waals surface area contributed by atoms with Crippen LogP contribution in [0.3, 0.4) is 0 Å². The topological polar surface area (TPSA) is 94.3 Å². The fourth-order valence-electron chi connectivity index (χ4n) is 4.47. The normalized spacial score (nSPS) is 17.6. The Morgan fingerprint density at radius 2 is 1.28 bits per heavy atom. The van der Waals surface area contributed by atoms with Crippen molar-refractivity contribution in [1.82, 2.24) is 9.80 Å². The quantitative estimate of drug-likeness (QED) is 0.176. The highest BCUT2D eigenvalue weighted by molar-refractivity contribution is 5.89. The highest BCUT2D eigenvalue weighted by Crippen LogP contribution is 2.21. The molecule has 1 rings (SSSR count). The SMILES string of the molecule is CCCCCCCCCCCCCCCCOC[C@H]1CC[C@@H](COC(=O)N(CCN(C)C)C(N)=O)O1. The van der Waals surface area contributed by atoms with Crippen molar-refractivity contribution < 1.29 is 23.8 Å². The Morgan fingerprint density at radius 1 is 0.778 bits per heavy atom. The van der Waals surface area contributed by atoms with E-state index in [0.29, 0.717) is 13.2 Å². The van der Waals surface area contributed by atoms with Crippen LogP contribution in [0.4, 0.5) is 9.59 Å². The fraction of sp³-hybridized carbons (Fsp3) is 0.929. The number of urea groups is 1. The van der Waals surface area contributed by atoms with Gasteiger partial charge in [0.05, 0.1) is 18.8 Å². The minimum absolute atomic E-state index is 0.0429. The van der Waals surface area contributed by atoms with E-state index in [1.54, 1.807) is 0 Å². The molecule has 0 spiro atoms. The maximum Gasteiger partial charge on any atom is 0.418 e. The lowest BCUT2D eigenvalue weighted by molar-refractivity contribution is -0.0365. The van der Waals surface area contributed by atoms with Gasteiger partial charge >= 0.3 is 12.1 Å². The lowest BCUT2D eigenvalue weighted by Crippen LogP contribution is -2.45. The third kappa shape index (κ3) is 17.1. The van der Waals surface area contributed by atoms with E-state index in [2.05, 4.69) is 6.92 Å². The number of hydrogen-bond donors (Lipinski definition) is 1. The predicted octanol–water partition coefficient (Wildman–Crippen LogP) is 6.11. The van der Waals surface area contributed by atoms with Gasteiger partial charge in [-0.15, -0.1) is 0 Å². The predicted molar refractivity (Wildman–Crippen MR) is 145 cm³/mol. The molecule has 2 atom stereocenters. The van der Waals surface area contributed by atoms with Crippen LogP contribution in [0.5, 0.6) is 0 Å². The molecule has 1 fully saturated rings. The number of hydrogen-bond acceptors (Lipinski definition) is 6. The first kappa shape index (κ1) is 32.6. The summed E-state index contributed by atoms with van der Waals surface area (Å²) in [4.78, 5) is 26.5. The summed E-state index contributed by atoms with van der Waals surface area (Å²) < 4.78 is 17.0. The van der Waals surface area contributed by atoms with Crippen molar-refractivity contribution >= 4 is 12.1 Å². The first-order valence-electron chi connectivity index (χ1n) is 14.6. The van der Waals surface area contributed by atoms with E-state index < -0.39 is 12.1 Å². The van der Waals surface area contributed by atoms with Gasteiger partial charge in [-0.3, -0.25) is 0 Å². The summed E-state index contributed by atoms with van der Waals surface area (Å²) in [5.41, 5.74) is 5.30. The van der Waals surface area contributed by atoms with Gasteiger partial charge in [0, 0.05) is 19.7 Å². The van der Waals surface area contributed by atoms with Crippen LogP contribution in [0, 0.1) is 0 Å². The zero-order valence-electron chi connectivity index (χ0n) is 23.5. The van der Waals surface area contributed by atoms with E-state index in [0.717, 1.165) is 30.8 Å². The molecule has 0 aromatic rings. The number of amides is 3. The molecule has 1 saturated heterocycles. The van der Waals surface area contributed by atoms with Crippen molar-refractivity contribution in [2.45, 2.75) is 122 Å². The standard InChI is InChI=1S/C28H55N3O5/c1-4-5-6-7-8-9-10-11-12-13-14-15-16-17-22-34-23-25-18-19-26(36-25)24-35-28(33)31(27(29)32)21-20-30(2)3/h25-26H,4-24H2,1-3H3,(H2,29,32)/t25-,26+/m1/s1. The average Bonchev–Trinajstić information content (AvgIpc) is 3.30. The largest absolute Gasteiger partial charge is 0.446 e. The summed E-state index contributed by atoms with van der Waals surface area (Å²) >= 11 is 0. The lowest BCUT2D eigenvalue weighted by Gasteiger charge is -2.21. The highest BCUT2D eigenvalue weighted by atomic mass is 16.6. The maximum absolute atomic E-state index is 12.2. The second kappa shape index (κ2) is 21.7. The molecule has 3 amide bonds. The fourth-order valence-corrected chi connectivity index (χ4v) is 4.47. The third-order valence-corrected chi connectivity index (χ3v) is 6.79. The van der Waals surface area contributed by atoms with E-state index in [9.17, 15) is 9.59 Å². The van der Waals surface area contributed by atoms with Gasteiger partial charge in [0.25, 0.3) is 0 Å². The van der Waals surface area contributed by atoms with Gasteiger partial charge < -0.3 is 24.8 Å². The summed E-state index contributed by atoms with van der Waals surface area (Å²) in [6.07, 6.45) is 19.8. The van der Waals surface area contributed by atoms with Gasteiger partial charge in [0.1, 0.15) is 6.61 Å². The smallest absolute Gasteiger partial charge is 0.418 e. The number of rotatable bonds is 22. The Morgan fingerprint density at radius 3 is 1.78 bits per heavy atom. The van der Waals surface area contributed by atoms with E-state index in [4.69, 9.17) is 19.9 Å². The van der Waals surface area contributed by atoms with Gasteiger partial charge in [-0.1, -0.05) is 90.4 Å². The van der Waals surface area contributed by atoms with Crippen LogP contribution in [-0.2, 0) is 14.2 Å². The second-order valence-electron chi connectivity index (χ2n) is 10.5. The number of carbonyl (C=O) groups excluding carboxylic acids is 2. The van der Waals surface area contributed by atoms with E-state index in [1.165, 1.54) is 83.5 Å². The minimum Gasteiger partial charge on any atom is -0.446 e. The summed E-state index contributed by atoms with van der Waals surface area (Å²) in [7, 11) is 3.72. The molecule has 8 nitrogen and oxygen atoms in total. The summed E-state index contributed by atoms with van der Waals surface area (Å²) in [5, 5.41) is 0. The molecule has 0 radical (unpaired) electrons. The maximum atomic E-state index is 12.2. The van der Waals surface area contributed by atoms with Gasteiger partial charge in [0.15, 0.2) is 0 Å². The van der Waals surface area contributed by atoms with Crippen molar-refractivity contribution in [2.75, 3.05) is 47.0 Å². The van der Waals surface area contributed by atoms with Crippen LogP contribution in [0.1, 0.15) is 110 Å². The van der Waals surface area contributed by atoms with Gasteiger partial charge in [-0.2, -0.15) is 0 Å². The van der Waals surface area contributed by atoms with Crippen molar-refractivity contribution in [1.29, 1.82) is 0 Å².